The molecular weight excluding hydrogens is 226 g/mol. The van der Waals surface area contributed by atoms with Gasteiger partial charge in [0.05, 0.1) is 0 Å². The number of H-pyrrole nitrogens is 1. The minimum atomic E-state index is -0.228. The summed E-state index contributed by atoms with van der Waals surface area (Å²) in [6.07, 6.45) is 2.94. The maximum atomic E-state index is 12.3. The van der Waals surface area contributed by atoms with E-state index < -0.39 is 0 Å². The van der Waals surface area contributed by atoms with Crippen molar-refractivity contribution in [3.8, 4) is 0 Å². The predicted octanol–water partition coefficient (Wildman–Crippen LogP) is 1.66. The Morgan fingerprint density at radius 3 is 3.06 bits per heavy atom. The fourth-order valence-electron chi connectivity index (χ4n) is 2.56. The van der Waals surface area contributed by atoms with E-state index in [-0.39, 0.29) is 11.9 Å². The molecule has 2 aromatic rings. The number of carbonyl (C=O) groups is 1. The fourth-order valence-corrected chi connectivity index (χ4v) is 2.56. The topological polar surface area (TPSA) is 48.1 Å². The molecule has 1 aromatic carbocycles. The number of amides is 1. The van der Waals surface area contributed by atoms with Crippen LogP contribution in [0.2, 0.25) is 0 Å². The van der Waals surface area contributed by atoms with Gasteiger partial charge in [0, 0.05) is 36.3 Å². The molecule has 0 bridgehead atoms. The van der Waals surface area contributed by atoms with Gasteiger partial charge in [-0.1, -0.05) is 18.2 Å². The standard InChI is InChI=1S/C14H17N3O/c1-17-8-4-7-15-13(14(17)18)11-9-16-12-6-3-2-5-10(11)12/h2-3,5-6,9,13,15-16H,4,7-8H2,1H3. The smallest absolute Gasteiger partial charge is 0.244 e. The Morgan fingerprint density at radius 1 is 1.33 bits per heavy atom. The molecule has 3 rings (SSSR count). The van der Waals surface area contributed by atoms with Gasteiger partial charge in [-0.3, -0.25) is 4.79 Å². The van der Waals surface area contributed by atoms with Crippen molar-refractivity contribution in [2.24, 2.45) is 0 Å². The number of hydrogen-bond acceptors (Lipinski definition) is 2. The number of aromatic amines is 1. The lowest BCUT2D eigenvalue weighted by atomic mass is 10.1. The molecule has 1 aromatic heterocycles. The van der Waals surface area contributed by atoms with E-state index in [2.05, 4.69) is 16.4 Å². The van der Waals surface area contributed by atoms with Gasteiger partial charge in [0.25, 0.3) is 0 Å². The molecule has 0 aliphatic carbocycles. The molecule has 1 amide bonds. The number of hydrogen-bond donors (Lipinski definition) is 2. The molecule has 94 valence electrons. The van der Waals surface area contributed by atoms with Gasteiger partial charge in [-0.15, -0.1) is 0 Å². The summed E-state index contributed by atoms with van der Waals surface area (Å²) in [6, 6.07) is 7.86. The van der Waals surface area contributed by atoms with Crippen LogP contribution in [-0.4, -0.2) is 35.9 Å². The molecule has 2 N–H and O–H groups in total. The number of nitrogens with one attached hydrogen (secondary N) is 2. The average Bonchev–Trinajstić information content (AvgIpc) is 2.74. The van der Waals surface area contributed by atoms with Crippen molar-refractivity contribution < 1.29 is 4.79 Å². The van der Waals surface area contributed by atoms with Gasteiger partial charge in [0.1, 0.15) is 6.04 Å². The third kappa shape index (κ3) is 1.78. The van der Waals surface area contributed by atoms with Crippen molar-refractivity contribution in [3.63, 3.8) is 0 Å². The lowest BCUT2D eigenvalue weighted by Gasteiger charge is -2.19. The highest BCUT2D eigenvalue weighted by atomic mass is 16.2. The summed E-state index contributed by atoms with van der Waals surface area (Å²) >= 11 is 0. The van der Waals surface area contributed by atoms with Crippen LogP contribution in [-0.2, 0) is 4.79 Å². The van der Waals surface area contributed by atoms with E-state index in [0.717, 1.165) is 36.0 Å². The fraction of sp³-hybridized carbons (Fsp3) is 0.357. The van der Waals surface area contributed by atoms with Crippen LogP contribution < -0.4 is 5.32 Å². The SMILES string of the molecule is CN1CCCNC(c2c[nH]c3ccccc23)C1=O. The molecule has 1 unspecified atom stereocenters. The Kier molecular flexibility index (Phi) is 2.80. The van der Waals surface area contributed by atoms with Crippen LogP contribution in [0, 0.1) is 0 Å². The van der Waals surface area contributed by atoms with Crippen molar-refractivity contribution in [1.29, 1.82) is 0 Å². The van der Waals surface area contributed by atoms with Crippen LogP contribution in [0.1, 0.15) is 18.0 Å². The van der Waals surface area contributed by atoms with E-state index in [0.29, 0.717) is 0 Å². The summed E-state index contributed by atoms with van der Waals surface area (Å²) in [4.78, 5) is 17.4. The lowest BCUT2D eigenvalue weighted by molar-refractivity contribution is -0.131. The van der Waals surface area contributed by atoms with E-state index in [1.807, 2.05) is 36.3 Å². The highest BCUT2D eigenvalue weighted by molar-refractivity contribution is 5.91. The van der Waals surface area contributed by atoms with Gasteiger partial charge < -0.3 is 15.2 Å². The maximum absolute atomic E-state index is 12.3. The lowest BCUT2D eigenvalue weighted by Crippen LogP contribution is -2.35. The number of fused-ring (bicyclic) bond motifs is 1. The molecule has 0 saturated carbocycles. The summed E-state index contributed by atoms with van der Waals surface area (Å²) in [7, 11) is 1.87. The van der Waals surface area contributed by atoms with E-state index in [4.69, 9.17) is 0 Å². The van der Waals surface area contributed by atoms with Crippen LogP contribution in [0.5, 0.6) is 0 Å². The molecule has 18 heavy (non-hydrogen) atoms. The van der Waals surface area contributed by atoms with Crippen LogP contribution in [0.4, 0.5) is 0 Å². The summed E-state index contributed by atoms with van der Waals surface area (Å²) in [6.45, 7) is 1.70. The number of carbonyl (C=O) groups excluding carboxylic acids is 1. The Balaban J connectivity index is 2.04. The van der Waals surface area contributed by atoms with Gasteiger partial charge in [0.2, 0.25) is 5.91 Å². The second-order valence-corrected chi connectivity index (χ2v) is 4.79. The second kappa shape index (κ2) is 4.46. The van der Waals surface area contributed by atoms with E-state index in [1.165, 1.54) is 0 Å². The monoisotopic (exact) mass is 243 g/mol. The summed E-state index contributed by atoms with van der Waals surface area (Å²) in [5.74, 6) is 0.150. The Hall–Kier alpha value is -1.81. The predicted molar refractivity (Wildman–Crippen MR) is 71.3 cm³/mol. The zero-order chi connectivity index (χ0) is 12.5. The van der Waals surface area contributed by atoms with Gasteiger partial charge >= 0.3 is 0 Å². The van der Waals surface area contributed by atoms with E-state index >= 15 is 0 Å². The first kappa shape index (κ1) is 11.3. The average molecular weight is 243 g/mol. The molecule has 1 aliphatic heterocycles. The molecule has 1 atom stereocenters. The molecule has 1 saturated heterocycles. The molecular formula is C14H17N3O. The first-order valence-corrected chi connectivity index (χ1v) is 6.32. The first-order chi connectivity index (χ1) is 8.77. The van der Waals surface area contributed by atoms with E-state index in [9.17, 15) is 4.79 Å². The number of rotatable bonds is 1. The quantitative estimate of drug-likeness (QED) is 0.800. The number of benzene rings is 1. The van der Waals surface area contributed by atoms with Crippen LogP contribution in [0.25, 0.3) is 10.9 Å². The molecule has 0 spiro atoms. The van der Waals surface area contributed by atoms with Gasteiger partial charge in [0.15, 0.2) is 0 Å². The number of likely N-dealkylation sites (N-methyl/N-ethyl adjacent to an activating group) is 1. The van der Waals surface area contributed by atoms with E-state index in [1.54, 1.807) is 0 Å². The van der Waals surface area contributed by atoms with Crippen molar-refractivity contribution >= 4 is 16.8 Å². The Bertz CT molecular complexity index is 575. The first-order valence-electron chi connectivity index (χ1n) is 6.32. The normalized spacial score (nSPS) is 21.3. The molecule has 4 nitrogen and oxygen atoms in total. The third-order valence-electron chi connectivity index (χ3n) is 3.57. The van der Waals surface area contributed by atoms with Crippen LogP contribution >= 0.6 is 0 Å². The Morgan fingerprint density at radius 2 is 2.17 bits per heavy atom. The molecule has 2 heterocycles. The van der Waals surface area contributed by atoms with Crippen molar-refractivity contribution in [2.45, 2.75) is 12.5 Å². The number of para-hydroxylation sites is 1. The van der Waals surface area contributed by atoms with Gasteiger partial charge in [-0.05, 0) is 19.0 Å². The van der Waals surface area contributed by atoms with Crippen molar-refractivity contribution in [2.75, 3.05) is 20.1 Å². The minimum Gasteiger partial charge on any atom is -0.361 e. The van der Waals surface area contributed by atoms with Gasteiger partial charge in [-0.2, -0.15) is 0 Å². The summed E-state index contributed by atoms with van der Waals surface area (Å²) in [5, 5.41) is 4.47. The minimum absolute atomic E-state index is 0.150. The summed E-state index contributed by atoms with van der Waals surface area (Å²) < 4.78 is 0. The van der Waals surface area contributed by atoms with Crippen molar-refractivity contribution in [1.82, 2.24) is 15.2 Å². The third-order valence-corrected chi connectivity index (χ3v) is 3.57. The molecule has 1 aliphatic rings. The molecule has 1 fully saturated rings. The molecule has 0 radical (unpaired) electrons. The molecule has 4 heteroatoms. The second-order valence-electron chi connectivity index (χ2n) is 4.79. The van der Waals surface area contributed by atoms with Gasteiger partial charge in [-0.25, -0.2) is 0 Å². The number of aromatic nitrogens is 1. The maximum Gasteiger partial charge on any atom is 0.244 e. The van der Waals surface area contributed by atoms with Crippen LogP contribution in [0.3, 0.4) is 0 Å². The van der Waals surface area contributed by atoms with Crippen LogP contribution in [0.15, 0.2) is 30.5 Å². The number of nitrogens with zero attached hydrogens (tertiary/aromatic N) is 1. The largest absolute Gasteiger partial charge is 0.361 e. The summed E-state index contributed by atoms with van der Waals surface area (Å²) in [5.41, 5.74) is 2.12. The highest BCUT2D eigenvalue weighted by Gasteiger charge is 2.27. The Labute approximate surface area is 106 Å². The zero-order valence-corrected chi connectivity index (χ0v) is 10.4. The highest BCUT2D eigenvalue weighted by Crippen LogP contribution is 2.26. The van der Waals surface area contributed by atoms with Crippen molar-refractivity contribution in [3.05, 3.63) is 36.0 Å². The zero-order valence-electron chi connectivity index (χ0n) is 10.4.